The van der Waals surface area contributed by atoms with Gasteiger partial charge in [0.1, 0.15) is 5.75 Å². The summed E-state index contributed by atoms with van der Waals surface area (Å²) in [6.45, 7) is 3.29. The molecular formula is C20H28N4O2. The van der Waals surface area contributed by atoms with Crippen LogP contribution in [0.1, 0.15) is 42.1 Å². The van der Waals surface area contributed by atoms with E-state index in [-0.39, 0.29) is 12.1 Å². The van der Waals surface area contributed by atoms with E-state index >= 15 is 0 Å². The number of aryl methyl sites for hydroxylation is 2. The van der Waals surface area contributed by atoms with Crippen LogP contribution in [0.5, 0.6) is 5.75 Å². The molecule has 1 aliphatic carbocycles. The lowest BCUT2D eigenvalue weighted by Gasteiger charge is -2.26. The lowest BCUT2D eigenvalue weighted by molar-refractivity contribution is 0.198. The van der Waals surface area contributed by atoms with Crippen LogP contribution in [-0.4, -0.2) is 40.9 Å². The minimum atomic E-state index is -0.0393. The summed E-state index contributed by atoms with van der Waals surface area (Å²) in [5.41, 5.74) is 3.52. The van der Waals surface area contributed by atoms with Crippen LogP contribution in [0.3, 0.4) is 0 Å². The molecule has 1 atom stereocenters. The number of nitrogens with one attached hydrogen (secondary N) is 1. The summed E-state index contributed by atoms with van der Waals surface area (Å²) < 4.78 is 7.71. The van der Waals surface area contributed by atoms with Gasteiger partial charge in [-0.15, -0.1) is 0 Å². The molecule has 0 saturated carbocycles. The highest BCUT2D eigenvalue weighted by Gasteiger charge is 2.25. The maximum atomic E-state index is 12.5. The van der Waals surface area contributed by atoms with Gasteiger partial charge in [0.15, 0.2) is 0 Å². The fourth-order valence-corrected chi connectivity index (χ4v) is 3.42. The number of carbonyl (C=O) groups excluding carboxylic acids is 1. The largest absolute Gasteiger partial charge is 0.493 e. The van der Waals surface area contributed by atoms with Crippen LogP contribution in [-0.2, 0) is 13.5 Å². The van der Waals surface area contributed by atoms with E-state index in [1.807, 2.05) is 56.2 Å². The van der Waals surface area contributed by atoms with Gasteiger partial charge in [-0.1, -0.05) is 18.2 Å². The van der Waals surface area contributed by atoms with Crippen molar-refractivity contribution in [2.75, 3.05) is 20.2 Å². The van der Waals surface area contributed by atoms with Crippen molar-refractivity contribution in [3.63, 3.8) is 0 Å². The Bertz CT molecular complexity index is 756. The molecule has 140 valence electrons. The minimum Gasteiger partial charge on any atom is -0.493 e. The monoisotopic (exact) mass is 356 g/mol. The van der Waals surface area contributed by atoms with Crippen molar-refractivity contribution in [1.82, 2.24) is 20.0 Å². The lowest BCUT2D eigenvalue weighted by Crippen LogP contribution is -2.41. The van der Waals surface area contributed by atoms with Crippen molar-refractivity contribution in [1.29, 1.82) is 0 Å². The normalized spacial score (nSPS) is 16.0. The number of carbonyl (C=O) groups is 1. The average Bonchev–Trinajstić information content (AvgIpc) is 3.02. The average molecular weight is 356 g/mol. The third-order valence-electron chi connectivity index (χ3n) is 5.01. The molecule has 1 aromatic carbocycles. The van der Waals surface area contributed by atoms with Gasteiger partial charge in [0.25, 0.3) is 0 Å². The number of hydrogen-bond donors (Lipinski definition) is 1. The fourth-order valence-electron chi connectivity index (χ4n) is 3.42. The van der Waals surface area contributed by atoms with Crippen LogP contribution in [0.4, 0.5) is 4.79 Å². The smallest absolute Gasteiger partial charge is 0.317 e. The third-order valence-corrected chi connectivity index (χ3v) is 5.01. The Labute approximate surface area is 155 Å². The highest BCUT2D eigenvalue weighted by atomic mass is 16.5. The van der Waals surface area contributed by atoms with Gasteiger partial charge in [-0.05, 0) is 44.2 Å². The molecule has 3 rings (SSSR count). The van der Waals surface area contributed by atoms with Crippen molar-refractivity contribution in [3.05, 3.63) is 47.3 Å². The summed E-state index contributed by atoms with van der Waals surface area (Å²) in [4.78, 5) is 14.2. The first-order chi connectivity index (χ1) is 12.6. The van der Waals surface area contributed by atoms with Gasteiger partial charge in [-0.2, -0.15) is 5.10 Å². The van der Waals surface area contributed by atoms with E-state index in [0.717, 1.165) is 42.6 Å². The highest BCUT2D eigenvalue weighted by Crippen LogP contribution is 2.29. The van der Waals surface area contributed by atoms with Gasteiger partial charge in [0.2, 0.25) is 0 Å². The number of amides is 2. The Kier molecular flexibility index (Phi) is 5.81. The van der Waals surface area contributed by atoms with Crippen LogP contribution in [0.25, 0.3) is 0 Å². The SMILES string of the molecule is Cc1ccccc1OCCCN(C)C(=O)N[C@@H]1CCCc2c1cnn2C. The van der Waals surface area contributed by atoms with Crippen LogP contribution in [0, 0.1) is 6.92 Å². The molecule has 0 spiro atoms. The van der Waals surface area contributed by atoms with Gasteiger partial charge in [-0.3, -0.25) is 4.68 Å². The molecule has 0 saturated heterocycles. The van der Waals surface area contributed by atoms with E-state index in [1.54, 1.807) is 4.90 Å². The predicted octanol–water partition coefficient (Wildman–Crippen LogP) is 3.22. The van der Waals surface area contributed by atoms with E-state index in [1.165, 1.54) is 5.69 Å². The molecule has 26 heavy (non-hydrogen) atoms. The molecule has 0 unspecified atom stereocenters. The second-order valence-corrected chi connectivity index (χ2v) is 6.95. The number of rotatable bonds is 6. The van der Waals surface area contributed by atoms with Crippen LogP contribution < -0.4 is 10.1 Å². The first-order valence-corrected chi connectivity index (χ1v) is 9.27. The number of ether oxygens (including phenoxy) is 1. The van der Waals surface area contributed by atoms with Crippen molar-refractivity contribution < 1.29 is 9.53 Å². The van der Waals surface area contributed by atoms with Crippen molar-refractivity contribution in [3.8, 4) is 5.75 Å². The number of nitrogens with zero attached hydrogens (tertiary/aromatic N) is 3. The molecule has 6 heteroatoms. The molecule has 2 amide bonds. The minimum absolute atomic E-state index is 0.0393. The van der Waals surface area contributed by atoms with Gasteiger partial charge in [0, 0.05) is 31.9 Å². The summed E-state index contributed by atoms with van der Waals surface area (Å²) in [5.74, 6) is 0.908. The number of urea groups is 1. The summed E-state index contributed by atoms with van der Waals surface area (Å²) in [7, 11) is 3.79. The van der Waals surface area contributed by atoms with E-state index < -0.39 is 0 Å². The molecule has 1 N–H and O–H groups in total. The first kappa shape index (κ1) is 18.3. The lowest BCUT2D eigenvalue weighted by atomic mass is 9.93. The molecule has 2 aromatic rings. The number of hydrogen-bond acceptors (Lipinski definition) is 3. The zero-order chi connectivity index (χ0) is 18.5. The molecule has 6 nitrogen and oxygen atoms in total. The highest BCUT2D eigenvalue weighted by molar-refractivity contribution is 5.74. The number of aromatic nitrogens is 2. The van der Waals surface area contributed by atoms with Crippen LogP contribution in [0.15, 0.2) is 30.5 Å². The second kappa shape index (κ2) is 8.25. The van der Waals surface area contributed by atoms with Gasteiger partial charge in [-0.25, -0.2) is 4.79 Å². The number of fused-ring (bicyclic) bond motifs is 1. The summed E-state index contributed by atoms with van der Waals surface area (Å²) in [6, 6.07) is 8.00. The zero-order valence-corrected chi connectivity index (χ0v) is 15.9. The molecule has 0 aliphatic heterocycles. The molecule has 1 aliphatic rings. The predicted molar refractivity (Wildman–Crippen MR) is 101 cm³/mol. The Morgan fingerprint density at radius 3 is 3.04 bits per heavy atom. The van der Waals surface area contributed by atoms with E-state index in [9.17, 15) is 4.79 Å². The molecular weight excluding hydrogens is 328 g/mol. The number of benzene rings is 1. The van der Waals surface area contributed by atoms with Crippen molar-refractivity contribution in [2.45, 2.75) is 38.6 Å². The van der Waals surface area contributed by atoms with Gasteiger partial charge >= 0.3 is 6.03 Å². The number of para-hydroxylation sites is 1. The maximum absolute atomic E-state index is 12.5. The first-order valence-electron chi connectivity index (χ1n) is 9.27. The van der Waals surface area contributed by atoms with Crippen LogP contribution in [0.2, 0.25) is 0 Å². The van der Waals surface area contributed by atoms with Crippen LogP contribution >= 0.6 is 0 Å². The Morgan fingerprint density at radius 1 is 1.42 bits per heavy atom. The Balaban J connectivity index is 1.44. The Morgan fingerprint density at radius 2 is 2.23 bits per heavy atom. The molecule has 0 fully saturated rings. The van der Waals surface area contributed by atoms with E-state index in [2.05, 4.69) is 10.4 Å². The van der Waals surface area contributed by atoms with Crippen molar-refractivity contribution in [2.24, 2.45) is 7.05 Å². The molecule has 0 bridgehead atoms. The maximum Gasteiger partial charge on any atom is 0.317 e. The quantitative estimate of drug-likeness (QED) is 0.809. The molecule has 1 aromatic heterocycles. The van der Waals surface area contributed by atoms with Gasteiger partial charge < -0.3 is 15.0 Å². The second-order valence-electron chi connectivity index (χ2n) is 6.95. The summed E-state index contributed by atoms with van der Waals surface area (Å²) in [5, 5.41) is 7.48. The van der Waals surface area contributed by atoms with Crippen molar-refractivity contribution >= 4 is 6.03 Å². The molecule has 0 radical (unpaired) electrons. The third kappa shape index (κ3) is 4.18. The summed E-state index contributed by atoms with van der Waals surface area (Å²) in [6.07, 6.45) is 5.75. The standard InChI is InChI=1S/C20H28N4O2/c1-15-8-4-5-11-19(15)26-13-7-12-23(2)20(25)22-17-9-6-10-18-16(17)14-21-24(18)3/h4-5,8,11,14,17H,6-7,9-10,12-13H2,1-3H3,(H,22,25)/t17-/m1/s1. The van der Waals surface area contributed by atoms with Gasteiger partial charge in [0.05, 0.1) is 18.8 Å². The zero-order valence-electron chi connectivity index (χ0n) is 15.9. The Hall–Kier alpha value is -2.50. The van der Waals surface area contributed by atoms with E-state index in [0.29, 0.717) is 13.2 Å². The fraction of sp³-hybridized carbons (Fsp3) is 0.500. The topological polar surface area (TPSA) is 59.4 Å². The molecule has 1 heterocycles. The summed E-state index contributed by atoms with van der Waals surface area (Å²) >= 11 is 0. The van der Waals surface area contributed by atoms with E-state index in [4.69, 9.17) is 4.74 Å².